The number of phenolic OH excluding ortho intramolecular Hbond substituents is 1. The lowest BCUT2D eigenvalue weighted by molar-refractivity contribution is -0.118. The summed E-state index contributed by atoms with van der Waals surface area (Å²) in [6.45, 7) is 0.830. The molecule has 0 aromatic heterocycles. The third-order valence-corrected chi connectivity index (χ3v) is 4.24. The molecule has 0 fully saturated rings. The summed E-state index contributed by atoms with van der Waals surface area (Å²) in [4.78, 5) is 11.4. The van der Waals surface area contributed by atoms with Gasteiger partial charge in [-0.1, -0.05) is 18.2 Å². The number of aliphatic hydroxyl groups is 1. The van der Waals surface area contributed by atoms with Crippen LogP contribution in [0.4, 0.5) is 5.69 Å². The van der Waals surface area contributed by atoms with E-state index in [-0.39, 0.29) is 24.0 Å². The summed E-state index contributed by atoms with van der Waals surface area (Å²) in [7, 11) is 1.64. The number of methoxy groups -OCH3 is 1. The predicted octanol–water partition coefficient (Wildman–Crippen LogP) is 1.60. The molecule has 1 amide bonds. The minimum atomic E-state index is -0.836. The molecular weight excluding hydrogens is 336 g/mol. The van der Waals surface area contributed by atoms with Crippen molar-refractivity contribution in [2.45, 2.75) is 12.5 Å². The van der Waals surface area contributed by atoms with Crippen LogP contribution in [0.2, 0.25) is 0 Å². The summed E-state index contributed by atoms with van der Waals surface area (Å²) in [5, 5.41) is 26.1. The summed E-state index contributed by atoms with van der Waals surface area (Å²) in [5.74, 6) is 0.720. The molecule has 1 unspecified atom stereocenters. The Morgan fingerprint density at radius 2 is 2.12 bits per heavy atom. The number of anilines is 1. The monoisotopic (exact) mass is 358 g/mol. The standard InChI is InChI=1S/C19H22N2O5/c1-25-16-5-3-2-4-12(16)8-9-20-10-15(23)13-6-7-14(22)18-19(13)26-11-17(24)21-18/h2-7,15,20,22-23H,8-11H2,1H3,(H,21,24). The number of aliphatic hydroxyl groups excluding tert-OH is 1. The molecule has 0 bridgehead atoms. The Morgan fingerprint density at radius 3 is 2.92 bits per heavy atom. The van der Waals surface area contributed by atoms with Crippen molar-refractivity contribution in [3.63, 3.8) is 0 Å². The normalized spacial score (nSPS) is 14.2. The van der Waals surface area contributed by atoms with Gasteiger partial charge >= 0.3 is 0 Å². The van der Waals surface area contributed by atoms with Crippen molar-refractivity contribution in [3.8, 4) is 17.2 Å². The highest BCUT2D eigenvalue weighted by Gasteiger charge is 2.25. The molecule has 0 saturated carbocycles. The number of benzene rings is 2. The van der Waals surface area contributed by atoms with Crippen molar-refractivity contribution < 1.29 is 24.5 Å². The minimum absolute atomic E-state index is 0.0897. The van der Waals surface area contributed by atoms with Gasteiger partial charge in [-0.05, 0) is 36.7 Å². The molecule has 2 aromatic carbocycles. The number of amides is 1. The lowest BCUT2D eigenvalue weighted by Crippen LogP contribution is -2.28. The molecule has 4 N–H and O–H groups in total. The molecular formula is C19H22N2O5. The zero-order chi connectivity index (χ0) is 18.5. The zero-order valence-electron chi connectivity index (χ0n) is 14.5. The van der Waals surface area contributed by atoms with Crippen LogP contribution in [0.25, 0.3) is 0 Å². The van der Waals surface area contributed by atoms with E-state index in [1.165, 1.54) is 6.07 Å². The van der Waals surface area contributed by atoms with Crippen LogP contribution in [0, 0.1) is 0 Å². The van der Waals surface area contributed by atoms with Gasteiger partial charge in [0.25, 0.3) is 5.91 Å². The molecule has 1 aliphatic rings. The Morgan fingerprint density at radius 1 is 1.31 bits per heavy atom. The molecule has 138 valence electrons. The second-order valence-electron chi connectivity index (χ2n) is 6.00. The summed E-state index contributed by atoms with van der Waals surface area (Å²) >= 11 is 0. The summed E-state index contributed by atoms with van der Waals surface area (Å²) < 4.78 is 10.7. The van der Waals surface area contributed by atoms with Crippen LogP contribution in [0.15, 0.2) is 36.4 Å². The Labute approximate surface area is 151 Å². The fraction of sp³-hybridized carbons (Fsp3) is 0.316. The van der Waals surface area contributed by atoms with Gasteiger partial charge in [-0.25, -0.2) is 0 Å². The molecule has 0 spiro atoms. The first-order chi connectivity index (χ1) is 12.6. The summed E-state index contributed by atoms with van der Waals surface area (Å²) in [5.41, 5.74) is 1.81. The highest BCUT2D eigenvalue weighted by molar-refractivity contribution is 5.97. The number of phenols is 1. The number of hydrogen-bond acceptors (Lipinski definition) is 6. The quantitative estimate of drug-likeness (QED) is 0.443. The van der Waals surface area contributed by atoms with Crippen molar-refractivity contribution in [2.75, 3.05) is 32.1 Å². The molecule has 0 saturated heterocycles. The fourth-order valence-electron chi connectivity index (χ4n) is 2.92. The van der Waals surface area contributed by atoms with Crippen LogP contribution in [-0.2, 0) is 11.2 Å². The average Bonchev–Trinajstić information content (AvgIpc) is 2.66. The van der Waals surface area contributed by atoms with Crippen LogP contribution in [-0.4, -0.2) is 42.9 Å². The number of ether oxygens (including phenoxy) is 2. The van der Waals surface area contributed by atoms with Crippen molar-refractivity contribution in [1.82, 2.24) is 5.32 Å². The second-order valence-corrected chi connectivity index (χ2v) is 6.00. The fourth-order valence-corrected chi connectivity index (χ4v) is 2.92. The van der Waals surface area contributed by atoms with Gasteiger partial charge < -0.3 is 30.3 Å². The molecule has 7 heteroatoms. The van der Waals surface area contributed by atoms with E-state index in [2.05, 4.69) is 10.6 Å². The first-order valence-corrected chi connectivity index (χ1v) is 8.39. The van der Waals surface area contributed by atoms with Gasteiger partial charge in [-0.15, -0.1) is 0 Å². The number of fused-ring (bicyclic) bond motifs is 1. The van der Waals surface area contributed by atoms with Gasteiger partial charge in [0, 0.05) is 12.1 Å². The molecule has 7 nitrogen and oxygen atoms in total. The summed E-state index contributed by atoms with van der Waals surface area (Å²) in [6, 6.07) is 10.8. The maximum atomic E-state index is 11.4. The smallest absolute Gasteiger partial charge is 0.262 e. The van der Waals surface area contributed by atoms with E-state index in [4.69, 9.17) is 9.47 Å². The Bertz CT molecular complexity index is 793. The molecule has 3 rings (SSSR count). The number of carbonyl (C=O) groups is 1. The Hall–Kier alpha value is -2.77. The average molecular weight is 358 g/mol. The van der Waals surface area contributed by atoms with E-state index in [1.54, 1.807) is 13.2 Å². The number of carbonyl (C=O) groups excluding carboxylic acids is 1. The van der Waals surface area contributed by atoms with E-state index < -0.39 is 6.10 Å². The maximum Gasteiger partial charge on any atom is 0.262 e. The van der Waals surface area contributed by atoms with E-state index in [9.17, 15) is 15.0 Å². The van der Waals surface area contributed by atoms with E-state index in [1.807, 2.05) is 24.3 Å². The van der Waals surface area contributed by atoms with Gasteiger partial charge in [-0.2, -0.15) is 0 Å². The van der Waals surface area contributed by atoms with E-state index in [0.29, 0.717) is 24.4 Å². The third-order valence-electron chi connectivity index (χ3n) is 4.24. The van der Waals surface area contributed by atoms with E-state index in [0.717, 1.165) is 17.7 Å². The largest absolute Gasteiger partial charge is 0.506 e. The van der Waals surface area contributed by atoms with Crippen molar-refractivity contribution >= 4 is 11.6 Å². The summed E-state index contributed by atoms with van der Waals surface area (Å²) in [6.07, 6.45) is -0.0752. The van der Waals surface area contributed by atoms with Crippen LogP contribution in [0.5, 0.6) is 17.2 Å². The molecule has 0 radical (unpaired) electrons. The number of hydrogen-bond donors (Lipinski definition) is 4. The van der Waals surface area contributed by atoms with Gasteiger partial charge in [-0.3, -0.25) is 4.79 Å². The van der Waals surface area contributed by atoms with Crippen LogP contribution in [0.1, 0.15) is 17.2 Å². The number of rotatable bonds is 7. The first kappa shape index (κ1) is 18.0. The molecule has 1 heterocycles. The van der Waals surface area contributed by atoms with Crippen LogP contribution < -0.4 is 20.1 Å². The molecule has 2 aromatic rings. The van der Waals surface area contributed by atoms with Crippen molar-refractivity contribution in [3.05, 3.63) is 47.5 Å². The highest BCUT2D eigenvalue weighted by Crippen LogP contribution is 2.41. The predicted molar refractivity (Wildman–Crippen MR) is 96.8 cm³/mol. The van der Waals surface area contributed by atoms with Crippen molar-refractivity contribution in [2.24, 2.45) is 0 Å². The van der Waals surface area contributed by atoms with E-state index >= 15 is 0 Å². The number of para-hydroxylation sites is 1. The van der Waals surface area contributed by atoms with Crippen LogP contribution in [0.3, 0.4) is 0 Å². The van der Waals surface area contributed by atoms with Gasteiger partial charge in [0.15, 0.2) is 12.4 Å². The first-order valence-electron chi connectivity index (χ1n) is 8.39. The molecule has 1 atom stereocenters. The second kappa shape index (κ2) is 8.07. The third kappa shape index (κ3) is 3.89. The topological polar surface area (TPSA) is 100 Å². The zero-order valence-corrected chi connectivity index (χ0v) is 14.5. The Kier molecular flexibility index (Phi) is 5.60. The lowest BCUT2D eigenvalue weighted by Gasteiger charge is -2.24. The lowest BCUT2D eigenvalue weighted by atomic mass is 10.0. The number of aromatic hydroxyl groups is 1. The molecule has 0 aliphatic carbocycles. The highest BCUT2D eigenvalue weighted by atomic mass is 16.5. The SMILES string of the molecule is COc1ccccc1CCNCC(O)c1ccc(O)c2c1OCC(=O)N2. The van der Waals surface area contributed by atoms with Gasteiger partial charge in [0.1, 0.15) is 17.2 Å². The molecule has 1 aliphatic heterocycles. The minimum Gasteiger partial charge on any atom is -0.506 e. The Balaban J connectivity index is 1.60. The van der Waals surface area contributed by atoms with Gasteiger partial charge in [0.05, 0.1) is 13.2 Å². The van der Waals surface area contributed by atoms with Crippen molar-refractivity contribution in [1.29, 1.82) is 0 Å². The maximum absolute atomic E-state index is 11.4. The van der Waals surface area contributed by atoms with Gasteiger partial charge in [0.2, 0.25) is 0 Å². The molecule has 26 heavy (non-hydrogen) atoms. The van der Waals surface area contributed by atoms with Crippen LogP contribution >= 0.6 is 0 Å². The number of nitrogens with one attached hydrogen (secondary N) is 2.